The Morgan fingerprint density at radius 2 is 1.10 bits per heavy atom. The van der Waals surface area contributed by atoms with Crippen molar-refractivity contribution in [2.75, 3.05) is 29.2 Å². The molecular weight excluding hydrogens is 666 g/mol. The first-order chi connectivity index (χ1) is 24.7. The number of ether oxygens (including phenoxy) is 1. The number of anilines is 6. The Labute approximate surface area is 297 Å². The maximum absolute atomic E-state index is 6.00. The highest BCUT2D eigenvalue weighted by Gasteiger charge is 2.14. The van der Waals surface area contributed by atoms with Crippen molar-refractivity contribution < 1.29 is 4.74 Å². The minimum absolute atomic E-state index is 0.358. The molecule has 14 nitrogen and oxygen atoms in total. The first kappa shape index (κ1) is 32.7. The largest absolute Gasteiger partial charge is 0.481 e. The van der Waals surface area contributed by atoms with Crippen LogP contribution < -0.4 is 26.8 Å². The normalized spacial score (nSPS) is 10.9. The molecule has 0 saturated carbocycles. The monoisotopic (exact) mass is 697 g/mol. The van der Waals surface area contributed by atoms with Crippen LogP contribution in [0.15, 0.2) is 103 Å². The number of halogens is 1. The summed E-state index contributed by atoms with van der Waals surface area (Å²) in [6.45, 7) is 3.83. The van der Waals surface area contributed by atoms with Crippen molar-refractivity contribution in [2.24, 2.45) is 0 Å². The predicted molar refractivity (Wildman–Crippen MR) is 200 cm³/mol. The fraction of sp³-hybridized carbons (Fsp3) is 0.0833. The average molecular weight is 698 g/mol. The molecule has 0 spiro atoms. The molecule has 0 aliphatic carbocycles. The second-order valence-corrected chi connectivity index (χ2v) is 11.7. The lowest BCUT2D eigenvalue weighted by atomic mass is 10.3. The van der Waals surface area contributed by atoms with Crippen LogP contribution in [0.3, 0.4) is 0 Å². The van der Waals surface area contributed by atoms with Crippen molar-refractivity contribution >= 4 is 68.3 Å². The second-order valence-electron chi connectivity index (χ2n) is 11.3. The number of aromatic nitrogens is 9. The van der Waals surface area contributed by atoms with Gasteiger partial charge in [-0.15, -0.1) is 0 Å². The number of fused-ring (bicyclic) bond motifs is 2. The number of aryl methyl sites for hydroxylation is 2. The first-order valence-corrected chi connectivity index (χ1v) is 16.1. The maximum atomic E-state index is 6.00. The lowest BCUT2D eigenvalue weighted by Crippen LogP contribution is -2.07. The number of hydrogen-bond acceptors (Lipinski definition) is 12. The zero-order chi connectivity index (χ0) is 35.5. The molecule has 0 bridgehead atoms. The number of imidazole rings is 2. The summed E-state index contributed by atoms with van der Waals surface area (Å²) >= 11 is 5.92. The number of nitrogens with two attached hydrogens (primary N) is 2. The van der Waals surface area contributed by atoms with Gasteiger partial charge in [-0.3, -0.25) is 9.13 Å². The molecule has 0 aliphatic heterocycles. The van der Waals surface area contributed by atoms with Crippen LogP contribution in [0.5, 0.6) is 5.88 Å². The first-order valence-electron chi connectivity index (χ1n) is 15.7. The molecule has 51 heavy (non-hydrogen) atoms. The van der Waals surface area contributed by atoms with Crippen molar-refractivity contribution in [3.8, 4) is 17.8 Å². The van der Waals surface area contributed by atoms with E-state index in [1.54, 1.807) is 31.5 Å². The highest BCUT2D eigenvalue weighted by Crippen LogP contribution is 2.25. The maximum Gasteiger partial charge on any atom is 0.239 e. The van der Waals surface area contributed by atoms with Crippen LogP contribution in [0.25, 0.3) is 34.0 Å². The van der Waals surface area contributed by atoms with Crippen LogP contribution in [-0.2, 0) is 0 Å². The predicted octanol–water partition coefficient (Wildman–Crippen LogP) is 6.96. The zero-order valence-corrected chi connectivity index (χ0v) is 28.5. The van der Waals surface area contributed by atoms with E-state index in [1.165, 1.54) is 0 Å². The molecule has 0 fully saturated rings. The molecule has 0 unspecified atom stereocenters. The van der Waals surface area contributed by atoms with Gasteiger partial charge in [0.1, 0.15) is 34.9 Å². The summed E-state index contributed by atoms with van der Waals surface area (Å²) in [5.41, 5.74) is 17.2. The van der Waals surface area contributed by atoms with Crippen LogP contribution in [-0.4, -0.2) is 51.1 Å². The standard InChI is InChI=1S/C18H15ClN6.C18H17N7O/c1-11-21-14-4-2-3-5-15(14)25(11)18-23-16(20)10-17(24-18)22-13-8-6-12(19)7-9-13;1-11-21-13-5-3-4-6-14(13)25(11)18-23-15(19)9-16(24-18)22-12-7-8-17(26-2)20-10-12/h2-10H,1H3,(H3,20,22,23,24);3-10H,1-2H3,(H3,19,22,23,24). The smallest absolute Gasteiger partial charge is 0.239 e. The van der Waals surface area contributed by atoms with Crippen LogP contribution in [0.4, 0.5) is 34.6 Å². The van der Waals surface area contributed by atoms with Gasteiger partial charge in [0, 0.05) is 28.9 Å². The molecule has 0 aliphatic rings. The van der Waals surface area contributed by atoms with Crippen LogP contribution >= 0.6 is 11.6 Å². The Bertz CT molecular complexity index is 2480. The SMILES string of the molecule is COc1ccc(Nc2cc(N)nc(-n3c(C)nc4ccccc43)n2)cn1.Cc1nc2ccccc2n1-c1nc(N)cc(Nc2ccc(Cl)cc2)n1. The zero-order valence-electron chi connectivity index (χ0n) is 27.8. The summed E-state index contributed by atoms with van der Waals surface area (Å²) in [6, 6.07) is 30.0. The van der Waals surface area contributed by atoms with E-state index in [-0.39, 0.29) is 0 Å². The molecule has 254 valence electrons. The summed E-state index contributed by atoms with van der Waals surface area (Å²) in [4.78, 5) is 31.2. The molecular formula is C36H32ClN13O. The van der Waals surface area contributed by atoms with Crippen LogP contribution in [0, 0.1) is 13.8 Å². The number of hydrogen-bond donors (Lipinski definition) is 4. The van der Waals surface area contributed by atoms with Gasteiger partial charge in [-0.05, 0) is 68.4 Å². The van der Waals surface area contributed by atoms with Gasteiger partial charge in [0.05, 0.1) is 41.1 Å². The van der Waals surface area contributed by atoms with E-state index in [1.807, 2.05) is 102 Å². The van der Waals surface area contributed by atoms with Gasteiger partial charge in [-0.25, -0.2) is 15.0 Å². The Hall–Kier alpha value is -6.80. The minimum atomic E-state index is 0.358. The highest BCUT2D eigenvalue weighted by molar-refractivity contribution is 6.30. The Kier molecular flexibility index (Phi) is 8.97. The molecule has 3 aromatic carbocycles. The number of rotatable bonds is 7. The summed E-state index contributed by atoms with van der Waals surface area (Å²) in [5, 5.41) is 7.08. The van der Waals surface area contributed by atoms with E-state index in [4.69, 9.17) is 27.8 Å². The topological polar surface area (TPSA) is 185 Å². The highest BCUT2D eigenvalue weighted by atomic mass is 35.5. The third-order valence-electron chi connectivity index (χ3n) is 7.66. The molecule has 5 aromatic heterocycles. The third-order valence-corrected chi connectivity index (χ3v) is 7.91. The lowest BCUT2D eigenvalue weighted by molar-refractivity contribution is 0.398. The average Bonchev–Trinajstić information content (AvgIpc) is 3.64. The van der Waals surface area contributed by atoms with Gasteiger partial charge in [0.25, 0.3) is 0 Å². The van der Waals surface area contributed by atoms with Gasteiger partial charge in [-0.1, -0.05) is 35.9 Å². The second kappa shape index (κ2) is 14.0. The minimum Gasteiger partial charge on any atom is -0.481 e. The molecule has 0 saturated heterocycles. The van der Waals surface area contributed by atoms with Gasteiger partial charge in [0.15, 0.2) is 0 Å². The molecule has 6 N–H and O–H groups in total. The van der Waals surface area contributed by atoms with Gasteiger partial charge in [0.2, 0.25) is 17.8 Å². The fourth-order valence-electron chi connectivity index (χ4n) is 5.44. The number of nitrogen functional groups attached to an aromatic ring is 2. The van der Waals surface area contributed by atoms with Crippen molar-refractivity contribution in [3.05, 3.63) is 120 Å². The molecule has 0 amide bonds. The van der Waals surface area contributed by atoms with Gasteiger partial charge >= 0.3 is 0 Å². The summed E-state index contributed by atoms with van der Waals surface area (Å²) < 4.78 is 8.83. The number of nitrogens with one attached hydrogen (secondary N) is 2. The molecule has 8 rings (SSSR count). The number of methoxy groups -OCH3 is 1. The fourth-order valence-corrected chi connectivity index (χ4v) is 5.56. The number of benzene rings is 3. The number of pyridine rings is 1. The molecule has 0 radical (unpaired) electrons. The number of para-hydroxylation sites is 4. The van der Waals surface area contributed by atoms with Crippen molar-refractivity contribution in [1.29, 1.82) is 0 Å². The molecule has 15 heteroatoms. The van der Waals surface area contributed by atoms with Gasteiger partial charge in [-0.2, -0.15) is 19.9 Å². The van der Waals surface area contributed by atoms with Crippen molar-refractivity contribution in [2.45, 2.75) is 13.8 Å². The third kappa shape index (κ3) is 7.16. The molecule has 5 heterocycles. The van der Waals surface area contributed by atoms with E-state index in [0.717, 1.165) is 45.1 Å². The van der Waals surface area contributed by atoms with E-state index >= 15 is 0 Å². The van der Waals surface area contributed by atoms with E-state index < -0.39 is 0 Å². The molecule has 8 aromatic rings. The summed E-state index contributed by atoms with van der Waals surface area (Å²) in [5.74, 6) is 4.95. The van der Waals surface area contributed by atoms with E-state index in [0.29, 0.717) is 46.1 Å². The van der Waals surface area contributed by atoms with Crippen LogP contribution in [0.1, 0.15) is 11.6 Å². The Balaban J connectivity index is 0.000000159. The lowest BCUT2D eigenvalue weighted by Gasteiger charge is -2.10. The Morgan fingerprint density at radius 3 is 1.59 bits per heavy atom. The van der Waals surface area contributed by atoms with Crippen LogP contribution in [0.2, 0.25) is 5.02 Å². The molecule has 0 atom stereocenters. The van der Waals surface area contributed by atoms with Crippen molar-refractivity contribution in [1.82, 2.24) is 44.0 Å². The van der Waals surface area contributed by atoms with Gasteiger partial charge < -0.3 is 26.8 Å². The van der Waals surface area contributed by atoms with E-state index in [2.05, 4.69) is 45.5 Å². The Morgan fingerprint density at radius 1 is 0.608 bits per heavy atom. The quantitative estimate of drug-likeness (QED) is 0.134. The summed E-state index contributed by atoms with van der Waals surface area (Å²) in [7, 11) is 1.57. The van der Waals surface area contributed by atoms with E-state index in [9.17, 15) is 0 Å². The van der Waals surface area contributed by atoms with Crippen molar-refractivity contribution in [3.63, 3.8) is 0 Å². The number of nitrogens with zero attached hydrogens (tertiary/aromatic N) is 9. The summed E-state index contributed by atoms with van der Waals surface area (Å²) in [6.07, 6.45) is 1.66.